The van der Waals surface area contributed by atoms with Crippen molar-refractivity contribution in [1.82, 2.24) is 14.7 Å². The first-order valence-electron chi connectivity index (χ1n) is 8.56. The van der Waals surface area contributed by atoms with Crippen LogP contribution in [-0.4, -0.2) is 66.3 Å². The number of carbonyl (C=O) groups is 2. The van der Waals surface area contributed by atoms with E-state index in [4.69, 9.17) is 4.42 Å². The summed E-state index contributed by atoms with van der Waals surface area (Å²) in [6, 6.07) is 9.21. The number of rotatable bonds is 5. The lowest BCUT2D eigenvalue weighted by atomic mass is 10.2. The first-order chi connectivity index (χ1) is 12.5. The van der Waals surface area contributed by atoms with E-state index in [-0.39, 0.29) is 17.6 Å². The Morgan fingerprint density at radius 2 is 1.81 bits per heavy atom. The zero-order chi connectivity index (χ0) is 18.5. The molecule has 0 unspecified atom stereocenters. The van der Waals surface area contributed by atoms with Gasteiger partial charge in [0.15, 0.2) is 0 Å². The highest BCUT2D eigenvalue weighted by atomic mass is 19.1. The van der Waals surface area contributed by atoms with Gasteiger partial charge < -0.3 is 14.2 Å². The number of benzene rings is 1. The van der Waals surface area contributed by atoms with Crippen molar-refractivity contribution in [2.75, 3.05) is 39.8 Å². The molecule has 1 aromatic heterocycles. The van der Waals surface area contributed by atoms with Crippen molar-refractivity contribution >= 4 is 11.8 Å². The fourth-order valence-electron chi connectivity index (χ4n) is 2.92. The number of carbonyl (C=O) groups excluding carboxylic acids is 2. The van der Waals surface area contributed by atoms with Crippen molar-refractivity contribution in [2.24, 2.45) is 0 Å². The Morgan fingerprint density at radius 1 is 1.12 bits per heavy atom. The maximum Gasteiger partial charge on any atom is 0.253 e. The Morgan fingerprint density at radius 3 is 2.42 bits per heavy atom. The van der Waals surface area contributed by atoms with Crippen LogP contribution in [0.5, 0.6) is 0 Å². The third kappa shape index (κ3) is 4.49. The Labute approximate surface area is 151 Å². The predicted octanol–water partition coefficient (Wildman–Crippen LogP) is 1.84. The van der Waals surface area contributed by atoms with Crippen molar-refractivity contribution in [3.8, 4) is 0 Å². The number of nitrogens with zero attached hydrogens (tertiary/aromatic N) is 3. The Bertz CT molecular complexity index is 738. The molecule has 26 heavy (non-hydrogen) atoms. The van der Waals surface area contributed by atoms with E-state index in [0.29, 0.717) is 44.8 Å². The Kier molecular flexibility index (Phi) is 5.68. The number of piperazine rings is 1. The van der Waals surface area contributed by atoms with Gasteiger partial charge in [-0.3, -0.25) is 14.5 Å². The molecule has 0 radical (unpaired) electrons. The summed E-state index contributed by atoms with van der Waals surface area (Å²) in [5.74, 6) is 0.296. The lowest BCUT2D eigenvalue weighted by Crippen LogP contribution is -2.51. The van der Waals surface area contributed by atoms with E-state index in [1.807, 2.05) is 11.0 Å². The van der Waals surface area contributed by atoms with E-state index in [1.54, 1.807) is 29.2 Å². The van der Waals surface area contributed by atoms with E-state index in [2.05, 4.69) is 0 Å². The molecule has 0 aliphatic carbocycles. The fraction of sp³-hybridized carbons (Fsp3) is 0.368. The summed E-state index contributed by atoms with van der Waals surface area (Å²) in [5, 5.41) is 0. The van der Waals surface area contributed by atoms with Gasteiger partial charge in [0.05, 0.1) is 19.4 Å². The minimum absolute atomic E-state index is 0.0136. The number of amides is 2. The summed E-state index contributed by atoms with van der Waals surface area (Å²) in [6.07, 6.45) is 1.59. The first-order valence-corrected chi connectivity index (χ1v) is 8.56. The maximum atomic E-state index is 13.0. The second-order valence-corrected chi connectivity index (χ2v) is 6.40. The number of likely N-dealkylation sites (N-methyl/N-ethyl adjacent to an activating group) is 1. The van der Waals surface area contributed by atoms with Crippen LogP contribution in [0.2, 0.25) is 0 Å². The van der Waals surface area contributed by atoms with Crippen LogP contribution in [0, 0.1) is 5.82 Å². The van der Waals surface area contributed by atoms with Crippen molar-refractivity contribution in [1.29, 1.82) is 0 Å². The number of hydrogen-bond donors (Lipinski definition) is 0. The van der Waals surface area contributed by atoms with Crippen LogP contribution in [0.4, 0.5) is 4.39 Å². The molecule has 0 spiro atoms. The molecule has 1 aliphatic rings. The number of hydrogen-bond acceptors (Lipinski definition) is 4. The van der Waals surface area contributed by atoms with Crippen LogP contribution in [0.15, 0.2) is 47.1 Å². The maximum absolute atomic E-state index is 13.0. The van der Waals surface area contributed by atoms with Gasteiger partial charge in [-0.1, -0.05) is 0 Å². The lowest BCUT2D eigenvalue weighted by Gasteiger charge is -2.35. The van der Waals surface area contributed by atoms with E-state index >= 15 is 0 Å². The molecular weight excluding hydrogens is 337 g/mol. The van der Waals surface area contributed by atoms with Gasteiger partial charge in [-0.05, 0) is 36.4 Å². The molecule has 0 bridgehead atoms. The minimum atomic E-state index is -0.358. The smallest absolute Gasteiger partial charge is 0.253 e. The molecule has 3 rings (SSSR count). The van der Waals surface area contributed by atoms with Crippen molar-refractivity contribution in [2.45, 2.75) is 6.54 Å². The van der Waals surface area contributed by atoms with Crippen LogP contribution in [-0.2, 0) is 11.3 Å². The highest BCUT2D eigenvalue weighted by Gasteiger charge is 2.24. The number of halogens is 1. The molecule has 0 N–H and O–H groups in total. The van der Waals surface area contributed by atoms with E-state index < -0.39 is 0 Å². The summed E-state index contributed by atoms with van der Waals surface area (Å²) in [5.41, 5.74) is 0.481. The minimum Gasteiger partial charge on any atom is -0.467 e. The molecule has 2 aromatic rings. The number of furan rings is 1. The summed E-state index contributed by atoms with van der Waals surface area (Å²) >= 11 is 0. The monoisotopic (exact) mass is 359 g/mol. The second-order valence-electron chi connectivity index (χ2n) is 6.40. The topological polar surface area (TPSA) is 57.0 Å². The van der Waals surface area contributed by atoms with Gasteiger partial charge in [0.1, 0.15) is 11.6 Å². The molecule has 2 amide bonds. The molecule has 1 aliphatic heterocycles. The molecule has 1 aromatic carbocycles. The van der Waals surface area contributed by atoms with Crippen LogP contribution in [0.1, 0.15) is 16.1 Å². The molecule has 138 valence electrons. The van der Waals surface area contributed by atoms with Crippen molar-refractivity contribution in [3.63, 3.8) is 0 Å². The van der Waals surface area contributed by atoms with Gasteiger partial charge >= 0.3 is 0 Å². The SMILES string of the molecule is CN(Cc1ccco1)C(=O)CN1CCN(C(=O)c2ccc(F)cc2)CC1. The quantitative estimate of drug-likeness (QED) is 0.817. The third-order valence-corrected chi connectivity index (χ3v) is 4.51. The van der Waals surface area contributed by atoms with Gasteiger partial charge in [-0.25, -0.2) is 4.39 Å². The van der Waals surface area contributed by atoms with E-state index in [0.717, 1.165) is 5.76 Å². The van der Waals surface area contributed by atoms with Gasteiger partial charge in [-0.15, -0.1) is 0 Å². The third-order valence-electron chi connectivity index (χ3n) is 4.51. The molecular formula is C19H22FN3O3. The molecule has 7 heteroatoms. The zero-order valence-electron chi connectivity index (χ0n) is 14.7. The zero-order valence-corrected chi connectivity index (χ0v) is 14.7. The first kappa shape index (κ1) is 18.1. The molecule has 0 saturated carbocycles. The van der Waals surface area contributed by atoms with Gasteiger partial charge in [0.25, 0.3) is 5.91 Å². The Hall–Kier alpha value is -2.67. The average Bonchev–Trinajstić information content (AvgIpc) is 3.15. The summed E-state index contributed by atoms with van der Waals surface area (Å²) < 4.78 is 18.2. The van der Waals surface area contributed by atoms with Crippen LogP contribution < -0.4 is 0 Å². The normalized spacial score (nSPS) is 15.1. The second kappa shape index (κ2) is 8.14. The van der Waals surface area contributed by atoms with Crippen molar-refractivity contribution < 1.29 is 18.4 Å². The van der Waals surface area contributed by atoms with Gasteiger partial charge in [0.2, 0.25) is 5.91 Å². The van der Waals surface area contributed by atoms with Crippen LogP contribution in [0.25, 0.3) is 0 Å². The average molecular weight is 359 g/mol. The highest BCUT2D eigenvalue weighted by Crippen LogP contribution is 2.11. The van der Waals surface area contributed by atoms with E-state index in [9.17, 15) is 14.0 Å². The fourth-order valence-corrected chi connectivity index (χ4v) is 2.92. The molecule has 0 atom stereocenters. The summed E-state index contributed by atoms with van der Waals surface area (Å²) in [6.45, 7) is 3.11. The molecule has 1 fully saturated rings. The summed E-state index contributed by atoms with van der Waals surface area (Å²) in [4.78, 5) is 30.2. The van der Waals surface area contributed by atoms with Crippen LogP contribution in [0.3, 0.4) is 0 Å². The molecule has 2 heterocycles. The van der Waals surface area contributed by atoms with Gasteiger partial charge in [0, 0.05) is 38.8 Å². The Balaban J connectivity index is 1.46. The standard InChI is InChI=1S/C19H22FN3O3/c1-21(13-17-3-2-12-26-17)18(24)14-22-8-10-23(11-9-22)19(25)15-4-6-16(20)7-5-15/h2-7,12H,8-11,13-14H2,1H3. The lowest BCUT2D eigenvalue weighted by molar-refractivity contribution is -0.132. The van der Waals surface area contributed by atoms with Crippen LogP contribution >= 0.6 is 0 Å². The highest BCUT2D eigenvalue weighted by molar-refractivity contribution is 5.94. The van der Waals surface area contributed by atoms with Gasteiger partial charge in [-0.2, -0.15) is 0 Å². The molecule has 1 saturated heterocycles. The molecule has 6 nitrogen and oxygen atoms in total. The van der Waals surface area contributed by atoms with Crippen molar-refractivity contribution in [3.05, 3.63) is 59.8 Å². The largest absolute Gasteiger partial charge is 0.467 e. The predicted molar refractivity (Wildman–Crippen MR) is 93.9 cm³/mol. The van der Waals surface area contributed by atoms with E-state index in [1.165, 1.54) is 24.3 Å². The summed E-state index contributed by atoms with van der Waals surface area (Å²) in [7, 11) is 1.75.